The van der Waals surface area contributed by atoms with E-state index in [1.165, 1.54) is 0 Å². The summed E-state index contributed by atoms with van der Waals surface area (Å²) in [5, 5.41) is 12.5. The van der Waals surface area contributed by atoms with Gasteiger partial charge in [-0.2, -0.15) is 10.4 Å². The number of thiophene rings is 1. The first-order chi connectivity index (χ1) is 16.2. The Hall–Kier alpha value is -1.47. The number of hydrogen-bond donors (Lipinski definition) is 0. The summed E-state index contributed by atoms with van der Waals surface area (Å²) in [4.78, 5) is 12.1. The summed E-state index contributed by atoms with van der Waals surface area (Å²) in [5.41, 5.74) is 2.46. The van der Waals surface area contributed by atoms with Crippen LogP contribution < -0.4 is 0 Å². The number of aryl methyl sites for hydroxylation is 1. The van der Waals surface area contributed by atoms with Crippen molar-refractivity contribution in [2.75, 3.05) is 6.61 Å². The molecule has 0 N–H and O–H groups in total. The summed E-state index contributed by atoms with van der Waals surface area (Å²) < 4.78 is 36.3. The van der Waals surface area contributed by atoms with Gasteiger partial charge in [0.2, 0.25) is 0 Å². The van der Waals surface area contributed by atoms with E-state index in [4.69, 9.17) is 16.3 Å². The van der Waals surface area contributed by atoms with Gasteiger partial charge in [0.05, 0.1) is 34.2 Å². The average molecular weight is 574 g/mol. The molecule has 2 aromatic heterocycles. The molecule has 0 amide bonds. The number of hydrogen-bond acceptors (Lipinski definition) is 5. The van der Waals surface area contributed by atoms with Crippen LogP contribution in [0.25, 0.3) is 16.1 Å². The van der Waals surface area contributed by atoms with Crippen LogP contribution in [0.4, 0.5) is 8.78 Å². The van der Waals surface area contributed by atoms with Crippen LogP contribution in [0.5, 0.6) is 0 Å². The molecule has 186 valence electrons. The Morgan fingerprint density at radius 3 is 2.46 bits per heavy atom. The normalized spacial score (nSPS) is 13.9. The topological polar surface area (TPSA) is 67.9 Å². The van der Waals surface area contributed by atoms with Gasteiger partial charge in [-0.25, -0.2) is 18.3 Å². The molecule has 0 bridgehead atoms. The summed E-state index contributed by atoms with van der Waals surface area (Å²) >= 11 is 7.78. The lowest BCUT2D eigenvalue weighted by atomic mass is 9.87. The number of esters is 1. The Morgan fingerprint density at radius 1 is 1.29 bits per heavy atom. The zero-order chi connectivity index (χ0) is 26.3. The van der Waals surface area contributed by atoms with E-state index in [-0.39, 0.29) is 22.1 Å². The lowest BCUT2D eigenvalue weighted by molar-refractivity contribution is -0.0264. The maximum Gasteiger partial charge on any atom is 0.340 e. The Labute approximate surface area is 219 Å². The van der Waals surface area contributed by atoms with Crippen molar-refractivity contribution in [1.82, 2.24) is 9.78 Å². The fourth-order valence-corrected chi connectivity index (χ4v) is 6.12. The molecule has 4 unspecified atom stereocenters. The molecule has 0 fully saturated rings. The molecule has 5 nitrogen and oxygen atoms in total. The van der Waals surface area contributed by atoms with Crippen molar-refractivity contribution in [1.29, 1.82) is 5.26 Å². The van der Waals surface area contributed by atoms with Crippen LogP contribution in [-0.2, 0) is 9.89 Å². The molecule has 3 aromatic rings. The second-order valence-electron chi connectivity index (χ2n) is 8.46. The quantitative estimate of drug-likeness (QED) is 0.230. The summed E-state index contributed by atoms with van der Waals surface area (Å²) in [6.45, 7) is 6.27. The van der Waals surface area contributed by atoms with Crippen LogP contribution in [-0.4, -0.2) is 33.2 Å². The van der Waals surface area contributed by atoms with E-state index in [1.54, 1.807) is 56.0 Å². The molecule has 0 aliphatic rings. The molecule has 0 radical (unpaired) electrons. The average Bonchev–Trinajstić information content (AvgIpc) is 3.38. The number of alkyl halides is 2. The number of halogens is 3. The van der Waals surface area contributed by atoms with Gasteiger partial charge in [0.15, 0.2) is 0 Å². The van der Waals surface area contributed by atoms with E-state index in [2.05, 4.69) is 32.8 Å². The highest BCUT2D eigenvalue weighted by atomic mass is 35.5. The molecule has 3 rings (SSSR count). The SMILES string of the molecule is CCOC(=O)c1cc(-c2cnn(-c3c(C)cc(C(P)(C(C)(F)F)C(C)(P)P)cc3Cl)c2)sc1C#N. The van der Waals surface area contributed by atoms with Gasteiger partial charge in [0, 0.05) is 28.5 Å². The number of carbonyl (C=O) groups excluding carboxylic acids is 1. The Bertz CT molecular complexity index is 1290. The van der Waals surface area contributed by atoms with Gasteiger partial charge in [-0.1, -0.05) is 24.6 Å². The highest BCUT2D eigenvalue weighted by Crippen LogP contribution is 2.59. The van der Waals surface area contributed by atoms with Gasteiger partial charge < -0.3 is 4.74 Å². The van der Waals surface area contributed by atoms with Crippen molar-refractivity contribution in [3.05, 3.63) is 57.2 Å². The van der Waals surface area contributed by atoms with E-state index < -0.39 is 21.9 Å². The molecule has 4 atom stereocenters. The number of aromatic nitrogens is 2. The molecule has 0 aliphatic heterocycles. The van der Waals surface area contributed by atoms with E-state index in [9.17, 15) is 18.8 Å². The van der Waals surface area contributed by atoms with Crippen molar-refractivity contribution >= 4 is 56.6 Å². The lowest BCUT2D eigenvalue weighted by Crippen LogP contribution is -2.48. The first-order valence-corrected chi connectivity index (χ1v) is 13.4. The summed E-state index contributed by atoms with van der Waals surface area (Å²) in [7, 11) is 7.27. The fourth-order valence-electron chi connectivity index (χ4n) is 3.84. The Kier molecular flexibility index (Phi) is 8.13. The highest BCUT2D eigenvalue weighted by Gasteiger charge is 2.55. The molecule has 12 heteroatoms. The zero-order valence-electron chi connectivity index (χ0n) is 19.5. The molecule has 2 heterocycles. The van der Waals surface area contributed by atoms with Crippen LogP contribution in [0.3, 0.4) is 0 Å². The smallest absolute Gasteiger partial charge is 0.340 e. The van der Waals surface area contributed by atoms with E-state index in [0.29, 0.717) is 27.3 Å². The van der Waals surface area contributed by atoms with Crippen molar-refractivity contribution in [2.45, 2.75) is 43.7 Å². The minimum atomic E-state index is -3.07. The monoisotopic (exact) mass is 573 g/mol. The second-order valence-corrected chi connectivity index (χ2v) is 13.9. The van der Waals surface area contributed by atoms with Crippen LogP contribution in [0, 0.1) is 18.3 Å². The molecular weight excluding hydrogens is 549 g/mol. The van der Waals surface area contributed by atoms with E-state index in [0.717, 1.165) is 18.3 Å². The molecule has 0 aliphatic carbocycles. The van der Waals surface area contributed by atoms with Gasteiger partial charge in [-0.15, -0.1) is 39.1 Å². The maximum absolute atomic E-state index is 14.8. The third-order valence-electron chi connectivity index (χ3n) is 5.68. The predicted octanol–water partition coefficient (Wildman–Crippen LogP) is 6.80. The summed E-state index contributed by atoms with van der Waals surface area (Å²) in [6, 6.07) is 6.86. The number of carbonyl (C=O) groups is 1. The predicted molar refractivity (Wildman–Crippen MR) is 147 cm³/mol. The molecule has 1 aromatic carbocycles. The number of rotatable bonds is 7. The van der Waals surface area contributed by atoms with Crippen LogP contribution in [0.15, 0.2) is 30.6 Å². The molecule has 0 spiro atoms. The van der Waals surface area contributed by atoms with E-state index in [1.807, 2.05) is 6.07 Å². The standard InChI is InChI=1S/C23H25ClF2N3O2P3S/c1-5-31-20(30)15-8-17(35-18(15)9-27)13-10-28-29(11-13)19-12(2)6-14(7-16(19)24)23(34,21(3,25)26)22(4,32)33/h6-8,10-11H,5,32-34H2,1-4H3. The summed E-state index contributed by atoms with van der Waals surface area (Å²) in [6.07, 6.45) is 3.31. The molecule has 0 saturated heterocycles. The van der Waals surface area contributed by atoms with Crippen LogP contribution in [0.1, 0.15) is 47.1 Å². The number of nitriles is 1. The zero-order valence-corrected chi connectivity index (χ0v) is 24.6. The van der Waals surface area contributed by atoms with Gasteiger partial charge in [0.25, 0.3) is 5.92 Å². The number of nitrogens with zero attached hydrogens (tertiary/aromatic N) is 3. The minimum Gasteiger partial charge on any atom is -0.462 e. The Balaban J connectivity index is 2.07. The van der Waals surface area contributed by atoms with Crippen molar-refractivity contribution in [3.63, 3.8) is 0 Å². The lowest BCUT2D eigenvalue weighted by Gasteiger charge is -2.46. The fraction of sp³-hybridized carbons (Fsp3) is 0.348. The van der Waals surface area contributed by atoms with E-state index >= 15 is 0 Å². The highest BCUT2D eigenvalue weighted by molar-refractivity contribution is 7.42. The van der Waals surface area contributed by atoms with Gasteiger partial charge in [-0.05, 0) is 37.1 Å². The molecule has 0 saturated carbocycles. The number of benzene rings is 1. The van der Waals surface area contributed by atoms with Crippen molar-refractivity contribution in [2.24, 2.45) is 0 Å². The van der Waals surface area contributed by atoms with Crippen molar-refractivity contribution in [3.8, 4) is 22.2 Å². The van der Waals surface area contributed by atoms with Crippen LogP contribution in [0.2, 0.25) is 5.02 Å². The largest absolute Gasteiger partial charge is 0.462 e. The third-order valence-corrected chi connectivity index (χ3v) is 10.1. The minimum absolute atomic E-state index is 0.203. The summed E-state index contributed by atoms with van der Waals surface area (Å²) in [5.74, 6) is -3.63. The van der Waals surface area contributed by atoms with Crippen molar-refractivity contribution < 1.29 is 18.3 Å². The third kappa shape index (κ3) is 5.18. The van der Waals surface area contributed by atoms with Gasteiger partial charge >= 0.3 is 5.97 Å². The molecule has 35 heavy (non-hydrogen) atoms. The number of ether oxygens (including phenoxy) is 1. The first-order valence-electron chi connectivity index (χ1n) is 10.5. The second kappa shape index (κ2) is 10.1. The molecular formula is C23H25ClF2N3O2P3S. The van der Waals surface area contributed by atoms with Gasteiger partial charge in [-0.3, -0.25) is 0 Å². The van der Waals surface area contributed by atoms with Gasteiger partial charge in [0.1, 0.15) is 10.9 Å². The first kappa shape index (κ1) is 28.1. The Morgan fingerprint density at radius 2 is 1.94 bits per heavy atom. The maximum atomic E-state index is 14.8. The van der Waals surface area contributed by atoms with Crippen LogP contribution >= 0.6 is 50.7 Å².